The second-order valence-electron chi connectivity index (χ2n) is 5.34. The molecule has 0 aliphatic heterocycles. The monoisotopic (exact) mass is 272 g/mol. The number of rotatable bonds is 8. The molecule has 1 aliphatic rings. The van der Waals surface area contributed by atoms with Crippen molar-refractivity contribution < 1.29 is 19.4 Å². The number of amides is 2. The van der Waals surface area contributed by atoms with E-state index in [0.29, 0.717) is 19.5 Å². The van der Waals surface area contributed by atoms with E-state index in [1.54, 1.807) is 7.11 Å². The first-order valence-corrected chi connectivity index (χ1v) is 6.76. The highest BCUT2D eigenvalue weighted by Gasteiger charge is 2.37. The summed E-state index contributed by atoms with van der Waals surface area (Å²) in [6.45, 7) is 2.93. The Hall–Kier alpha value is -1.30. The van der Waals surface area contributed by atoms with Gasteiger partial charge in [0.1, 0.15) is 0 Å². The summed E-state index contributed by atoms with van der Waals surface area (Å²) in [4.78, 5) is 22.0. The minimum atomic E-state index is -0.802. The van der Waals surface area contributed by atoms with Crippen LogP contribution in [0.15, 0.2) is 0 Å². The third-order valence-corrected chi connectivity index (χ3v) is 3.73. The Balaban J connectivity index is 2.12. The van der Waals surface area contributed by atoms with Crippen molar-refractivity contribution in [3.63, 3.8) is 0 Å². The quantitative estimate of drug-likeness (QED) is 0.622. The van der Waals surface area contributed by atoms with Gasteiger partial charge in [-0.2, -0.15) is 0 Å². The number of carboxylic acid groups (broad SMARTS) is 1. The normalized spacial score (nSPS) is 18.2. The average molecular weight is 272 g/mol. The molecule has 1 saturated carbocycles. The molecular formula is C13H24N2O4. The summed E-state index contributed by atoms with van der Waals surface area (Å²) in [6.07, 6.45) is 3.82. The van der Waals surface area contributed by atoms with Crippen LogP contribution in [0.1, 0.15) is 39.0 Å². The van der Waals surface area contributed by atoms with Crippen molar-refractivity contribution in [1.29, 1.82) is 0 Å². The molecule has 6 heteroatoms. The van der Waals surface area contributed by atoms with Crippen LogP contribution in [0.5, 0.6) is 0 Å². The van der Waals surface area contributed by atoms with E-state index in [4.69, 9.17) is 9.84 Å². The van der Waals surface area contributed by atoms with E-state index in [1.165, 1.54) is 0 Å². The minimum Gasteiger partial charge on any atom is -0.481 e. The molecule has 1 atom stereocenters. The minimum absolute atomic E-state index is 0.136. The predicted molar refractivity (Wildman–Crippen MR) is 71.0 cm³/mol. The maximum Gasteiger partial charge on any atom is 0.314 e. The Labute approximate surface area is 113 Å². The van der Waals surface area contributed by atoms with E-state index in [1.807, 2.05) is 6.92 Å². The molecule has 0 spiro atoms. The SMILES string of the molecule is COC1(CNC(=O)NCC(C)CCC(=O)O)CCC1. The van der Waals surface area contributed by atoms with E-state index < -0.39 is 5.97 Å². The molecule has 6 nitrogen and oxygen atoms in total. The molecule has 3 N–H and O–H groups in total. The number of aliphatic carboxylic acids is 1. The molecule has 0 radical (unpaired) electrons. The Morgan fingerprint density at radius 1 is 1.37 bits per heavy atom. The number of ether oxygens (including phenoxy) is 1. The summed E-state index contributed by atoms with van der Waals surface area (Å²) in [5, 5.41) is 14.1. The lowest BCUT2D eigenvalue weighted by molar-refractivity contribution is -0.137. The third kappa shape index (κ3) is 5.46. The van der Waals surface area contributed by atoms with Crippen molar-refractivity contribution in [3.8, 4) is 0 Å². The van der Waals surface area contributed by atoms with Gasteiger partial charge >= 0.3 is 12.0 Å². The number of carboxylic acids is 1. The molecule has 0 aromatic carbocycles. The first-order valence-electron chi connectivity index (χ1n) is 6.76. The van der Waals surface area contributed by atoms with Gasteiger partial charge in [-0.05, 0) is 31.6 Å². The van der Waals surface area contributed by atoms with E-state index in [-0.39, 0.29) is 24.0 Å². The van der Waals surface area contributed by atoms with Gasteiger partial charge in [-0.1, -0.05) is 6.92 Å². The van der Waals surface area contributed by atoms with Gasteiger partial charge in [0.15, 0.2) is 0 Å². The summed E-state index contributed by atoms with van der Waals surface area (Å²) in [7, 11) is 1.67. The van der Waals surface area contributed by atoms with Gasteiger partial charge in [0, 0.05) is 26.6 Å². The van der Waals surface area contributed by atoms with Crippen LogP contribution in [-0.2, 0) is 9.53 Å². The number of hydrogen-bond donors (Lipinski definition) is 3. The summed E-state index contributed by atoms with van der Waals surface area (Å²) in [5.41, 5.74) is -0.174. The lowest BCUT2D eigenvalue weighted by atomic mass is 9.80. The highest BCUT2D eigenvalue weighted by atomic mass is 16.5. The molecular weight excluding hydrogens is 248 g/mol. The Kier molecular flexibility index (Phi) is 6.08. The van der Waals surface area contributed by atoms with Gasteiger partial charge in [-0.3, -0.25) is 4.79 Å². The number of urea groups is 1. The van der Waals surface area contributed by atoms with Crippen LogP contribution in [0.3, 0.4) is 0 Å². The number of methoxy groups -OCH3 is 1. The fourth-order valence-electron chi connectivity index (χ4n) is 2.07. The first-order chi connectivity index (χ1) is 8.97. The second kappa shape index (κ2) is 7.33. The van der Waals surface area contributed by atoms with Crippen LogP contribution >= 0.6 is 0 Å². The topological polar surface area (TPSA) is 87.7 Å². The lowest BCUT2D eigenvalue weighted by Crippen LogP contribution is -2.51. The Morgan fingerprint density at radius 2 is 2.05 bits per heavy atom. The molecule has 0 bridgehead atoms. The second-order valence-corrected chi connectivity index (χ2v) is 5.34. The molecule has 1 unspecified atom stereocenters. The summed E-state index contributed by atoms with van der Waals surface area (Å²) >= 11 is 0. The summed E-state index contributed by atoms with van der Waals surface area (Å²) in [5.74, 6) is -0.648. The van der Waals surface area contributed by atoms with Crippen molar-refractivity contribution in [2.45, 2.75) is 44.6 Å². The zero-order chi connectivity index (χ0) is 14.3. The van der Waals surface area contributed by atoms with Crippen LogP contribution in [0.25, 0.3) is 0 Å². The summed E-state index contributed by atoms with van der Waals surface area (Å²) < 4.78 is 5.41. The zero-order valence-corrected chi connectivity index (χ0v) is 11.7. The number of nitrogens with one attached hydrogen (secondary N) is 2. The number of carbonyl (C=O) groups excluding carboxylic acids is 1. The van der Waals surface area contributed by atoms with Crippen LogP contribution in [0.2, 0.25) is 0 Å². The molecule has 110 valence electrons. The molecule has 2 amide bonds. The zero-order valence-electron chi connectivity index (χ0n) is 11.7. The molecule has 0 aromatic heterocycles. The molecule has 19 heavy (non-hydrogen) atoms. The van der Waals surface area contributed by atoms with E-state index in [2.05, 4.69) is 10.6 Å². The van der Waals surface area contributed by atoms with Crippen molar-refractivity contribution >= 4 is 12.0 Å². The van der Waals surface area contributed by atoms with Gasteiger partial charge in [0.25, 0.3) is 0 Å². The van der Waals surface area contributed by atoms with Crippen molar-refractivity contribution in [2.75, 3.05) is 20.2 Å². The van der Waals surface area contributed by atoms with E-state index >= 15 is 0 Å². The highest BCUT2D eigenvalue weighted by Crippen LogP contribution is 2.34. The van der Waals surface area contributed by atoms with E-state index in [0.717, 1.165) is 19.3 Å². The van der Waals surface area contributed by atoms with Gasteiger partial charge in [0.05, 0.1) is 5.60 Å². The molecule has 1 aliphatic carbocycles. The Morgan fingerprint density at radius 3 is 2.53 bits per heavy atom. The maximum atomic E-state index is 11.6. The largest absolute Gasteiger partial charge is 0.481 e. The number of carbonyl (C=O) groups is 2. The summed E-state index contributed by atoms with van der Waals surface area (Å²) in [6, 6.07) is -0.217. The molecule has 0 heterocycles. The van der Waals surface area contributed by atoms with Gasteiger partial charge in [-0.25, -0.2) is 4.79 Å². The predicted octanol–water partition coefficient (Wildman–Crippen LogP) is 1.36. The number of hydrogen-bond acceptors (Lipinski definition) is 3. The van der Waals surface area contributed by atoms with Crippen molar-refractivity contribution in [2.24, 2.45) is 5.92 Å². The van der Waals surface area contributed by atoms with Crippen LogP contribution in [0, 0.1) is 5.92 Å². The third-order valence-electron chi connectivity index (χ3n) is 3.73. The van der Waals surface area contributed by atoms with Crippen LogP contribution in [0.4, 0.5) is 4.79 Å². The smallest absolute Gasteiger partial charge is 0.314 e. The van der Waals surface area contributed by atoms with Crippen LogP contribution in [-0.4, -0.2) is 42.9 Å². The average Bonchev–Trinajstić information content (AvgIpc) is 2.33. The van der Waals surface area contributed by atoms with Gasteiger partial charge in [0.2, 0.25) is 0 Å². The lowest BCUT2D eigenvalue weighted by Gasteiger charge is -2.40. The standard InChI is InChI=1S/C13H24N2O4/c1-10(4-5-11(16)17)8-14-12(18)15-9-13(19-2)6-3-7-13/h10H,3-9H2,1-2H3,(H,16,17)(H2,14,15,18). The maximum absolute atomic E-state index is 11.6. The van der Waals surface area contributed by atoms with Crippen molar-refractivity contribution in [3.05, 3.63) is 0 Å². The first kappa shape index (κ1) is 15.8. The van der Waals surface area contributed by atoms with Crippen molar-refractivity contribution in [1.82, 2.24) is 10.6 Å². The highest BCUT2D eigenvalue weighted by molar-refractivity contribution is 5.73. The molecule has 1 rings (SSSR count). The van der Waals surface area contributed by atoms with Gasteiger partial charge < -0.3 is 20.5 Å². The van der Waals surface area contributed by atoms with Crippen LogP contribution < -0.4 is 10.6 Å². The van der Waals surface area contributed by atoms with Gasteiger partial charge in [-0.15, -0.1) is 0 Å². The van der Waals surface area contributed by atoms with E-state index in [9.17, 15) is 9.59 Å². The fourth-order valence-corrected chi connectivity index (χ4v) is 2.07. The fraction of sp³-hybridized carbons (Fsp3) is 0.846. The molecule has 1 fully saturated rings. The molecule has 0 saturated heterocycles. The Bertz CT molecular complexity index is 310. The molecule has 0 aromatic rings.